The molecule has 1 saturated heterocycles. The first-order valence-electron chi connectivity index (χ1n) is 9.57. The molecular formula is C22H20ClF2N3O2S. The molecule has 0 N–H and O–H groups in total. The number of pyridine rings is 1. The van der Waals surface area contributed by atoms with E-state index in [0.717, 1.165) is 39.9 Å². The number of sulfonamides is 1. The highest BCUT2D eigenvalue weighted by molar-refractivity contribution is 7.92. The molecule has 0 amide bonds. The van der Waals surface area contributed by atoms with Crippen molar-refractivity contribution in [1.82, 2.24) is 9.88 Å². The van der Waals surface area contributed by atoms with Crippen LogP contribution in [0.25, 0.3) is 0 Å². The summed E-state index contributed by atoms with van der Waals surface area (Å²) < 4.78 is 53.6. The fraction of sp³-hybridized carbons (Fsp3) is 0.227. The van der Waals surface area contributed by atoms with Crippen molar-refractivity contribution in [2.45, 2.75) is 12.1 Å². The Kier molecular flexibility index (Phi) is 5.96. The number of hydrogen-bond donors (Lipinski definition) is 0. The number of anilines is 1. The first kappa shape index (κ1) is 21.7. The number of likely N-dealkylation sites (tertiary alicyclic amines) is 1. The van der Waals surface area contributed by atoms with Crippen molar-refractivity contribution in [3.63, 3.8) is 0 Å². The molecule has 0 aliphatic carbocycles. The van der Waals surface area contributed by atoms with Gasteiger partial charge in [0.1, 0.15) is 11.6 Å². The molecule has 1 aromatic heterocycles. The summed E-state index contributed by atoms with van der Waals surface area (Å²) in [5.41, 5.74) is 1.92. The Balaban J connectivity index is 1.64. The van der Waals surface area contributed by atoms with Crippen molar-refractivity contribution >= 4 is 27.3 Å². The normalized spacial score (nSPS) is 16.0. The second-order valence-electron chi connectivity index (χ2n) is 7.53. The van der Waals surface area contributed by atoms with Crippen molar-refractivity contribution in [2.75, 3.05) is 23.7 Å². The van der Waals surface area contributed by atoms with E-state index in [9.17, 15) is 17.2 Å². The van der Waals surface area contributed by atoms with Gasteiger partial charge in [0.2, 0.25) is 10.0 Å². The zero-order valence-corrected chi connectivity index (χ0v) is 18.2. The Bertz CT molecular complexity index is 1150. The molecule has 0 radical (unpaired) electrons. The van der Waals surface area contributed by atoms with E-state index in [-0.39, 0.29) is 11.7 Å². The Morgan fingerprint density at radius 1 is 1.06 bits per heavy atom. The van der Waals surface area contributed by atoms with Crippen LogP contribution in [0.3, 0.4) is 0 Å². The molecule has 5 nitrogen and oxygen atoms in total. The van der Waals surface area contributed by atoms with Gasteiger partial charge in [-0.05, 0) is 41.5 Å². The first-order valence-corrected chi connectivity index (χ1v) is 11.8. The predicted molar refractivity (Wildman–Crippen MR) is 117 cm³/mol. The second kappa shape index (κ2) is 8.53. The highest BCUT2D eigenvalue weighted by atomic mass is 35.5. The van der Waals surface area contributed by atoms with E-state index in [1.54, 1.807) is 24.5 Å². The zero-order valence-electron chi connectivity index (χ0n) is 16.6. The van der Waals surface area contributed by atoms with Gasteiger partial charge in [-0.2, -0.15) is 0 Å². The number of aromatic nitrogens is 1. The summed E-state index contributed by atoms with van der Waals surface area (Å²) in [4.78, 5) is 6.30. The summed E-state index contributed by atoms with van der Waals surface area (Å²) in [6.45, 7) is 0.765. The van der Waals surface area contributed by atoms with Crippen LogP contribution in [0.4, 0.5) is 14.5 Å². The molecule has 0 saturated carbocycles. The van der Waals surface area contributed by atoms with Crippen LogP contribution >= 0.6 is 11.6 Å². The van der Waals surface area contributed by atoms with Gasteiger partial charge in [-0.3, -0.25) is 14.2 Å². The van der Waals surface area contributed by atoms with Crippen LogP contribution in [0.15, 0.2) is 67.0 Å². The maximum absolute atomic E-state index is 13.8. The maximum Gasteiger partial charge on any atom is 0.232 e. The SMILES string of the molecule is CS(=O)(=O)N(c1cc(F)cc(F)c1)C1CN(C(c2ccc(Cl)cc2)c2cccnc2)C1. The highest BCUT2D eigenvalue weighted by Gasteiger charge is 2.41. The van der Waals surface area contributed by atoms with Crippen molar-refractivity contribution in [3.8, 4) is 0 Å². The van der Waals surface area contributed by atoms with E-state index in [1.165, 1.54) is 0 Å². The predicted octanol–water partition coefficient (Wildman–Crippen LogP) is 4.25. The lowest BCUT2D eigenvalue weighted by Crippen LogP contribution is -2.61. The highest BCUT2D eigenvalue weighted by Crippen LogP contribution is 2.36. The van der Waals surface area contributed by atoms with E-state index < -0.39 is 27.7 Å². The van der Waals surface area contributed by atoms with Gasteiger partial charge < -0.3 is 0 Å². The van der Waals surface area contributed by atoms with Crippen molar-refractivity contribution in [3.05, 3.63) is 94.8 Å². The lowest BCUT2D eigenvalue weighted by molar-refractivity contribution is 0.116. The zero-order chi connectivity index (χ0) is 22.2. The quantitative estimate of drug-likeness (QED) is 0.548. The van der Waals surface area contributed by atoms with Crippen LogP contribution in [0, 0.1) is 11.6 Å². The molecule has 9 heteroatoms. The van der Waals surface area contributed by atoms with Gasteiger partial charge >= 0.3 is 0 Å². The molecule has 1 unspecified atom stereocenters. The minimum Gasteiger partial charge on any atom is -0.288 e. The number of rotatable bonds is 6. The van der Waals surface area contributed by atoms with Crippen LogP contribution in [0.2, 0.25) is 5.02 Å². The summed E-state index contributed by atoms with van der Waals surface area (Å²) in [7, 11) is -3.75. The van der Waals surface area contributed by atoms with Gasteiger partial charge in [-0.25, -0.2) is 17.2 Å². The van der Waals surface area contributed by atoms with Gasteiger partial charge in [0.25, 0.3) is 0 Å². The molecule has 4 rings (SSSR count). The molecule has 1 aliphatic rings. The van der Waals surface area contributed by atoms with E-state index in [2.05, 4.69) is 9.88 Å². The van der Waals surface area contributed by atoms with Crippen LogP contribution in [0.1, 0.15) is 17.2 Å². The fourth-order valence-corrected chi connectivity index (χ4v) is 5.27. The molecule has 2 heterocycles. The number of halogens is 3. The molecule has 1 atom stereocenters. The maximum atomic E-state index is 13.8. The lowest BCUT2D eigenvalue weighted by Gasteiger charge is -2.48. The number of hydrogen-bond acceptors (Lipinski definition) is 4. The van der Waals surface area contributed by atoms with Crippen LogP contribution < -0.4 is 4.31 Å². The van der Waals surface area contributed by atoms with Gasteiger partial charge in [0.15, 0.2) is 0 Å². The smallest absolute Gasteiger partial charge is 0.232 e. The molecule has 0 bridgehead atoms. The van der Waals surface area contributed by atoms with Crippen LogP contribution in [-0.4, -0.2) is 43.7 Å². The number of benzene rings is 2. The van der Waals surface area contributed by atoms with Gasteiger partial charge in [0, 0.05) is 36.6 Å². The Morgan fingerprint density at radius 3 is 2.26 bits per heavy atom. The topological polar surface area (TPSA) is 53.5 Å². The molecule has 31 heavy (non-hydrogen) atoms. The summed E-state index contributed by atoms with van der Waals surface area (Å²) in [6.07, 6.45) is 4.49. The molecule has 162 valence electrons. The van der Waals surface area contributed by atoms with Crippen LogP contribution in [-0.2, 0) is 10.0 Å². The first-order chi connectivity index (χ1) is 14.7. The summed E-state index contributed by atoms with van der Waals surface area (Å²) in [5, 5.41) is 0.617. The van der Waals surface area contributed by atoms with E-state index in [0.29, 0.717) is 18.1 Å². The minimum absolute atomic E-state index is 0.0194. The molecular weight excluding hydrogens is 444 g/mol. The minimum atomic E-state index is -3.75. The third-order valence-corrected chi connectivity index (χ3v) is 6.71. The number of nitrogens with zero attached hydrogens (tertiary/aromatic N) is 3. The Hall–Kier alpha value is -2.55. The third kappa shape index (κ3) is 4.71. The average Bonchev–Trinajstić information content (AvgIpc) is 2.66. The molecule has 0 spiro atoms. The van der Waals surface area contributed by atoms with Crippen LogP contribution in [0.5, 0.6) is 0 Å². The molecule has 1 fully saturated rings. The summed E-state index contributed by atoms with van der Waals surface area (Å²) >= 11 is 6.04. The fourth-order valence-electron chi connectivity index (χ4n) is 3.98. The van der Waals surface area contributed by atoms with Crippen molar-refractivity contribution < 1.29 is 17.2 Å². The van der Waals surface area contributed by atoms with E-state index >= 15 is 0 Å². The van der Waals surface area contributed by atoms with Crippen molar-refractivity contribution in [2.24, 2.45) is 0 Å². The van der Waals surface area contributed by atoms with Gasteiger partial charge in [-0.1, -0.05) is 29.8 Å². The molecule has 1 aliphatic heterocycles. The monoisotopic (exact) mass is 463 g/mol. The average molecular weight is 464 g/mol. The summed E-state index contributed by atoms with van der Waals surface area (Å²) in [6, 6.07) is 13.4. The van der Waals surface area contributed by atoms with E-state index in [1.807, 2.05) is 24.3 Å². The van der Waals surface area contributed by atoms with Gasteiger partial charge in [0.05, 0.1) is 24.0 Å². The Labute approximate surface area is 184 Å². The van der Waals surface area contributed by atoms with Crippen molar-refractivity contribution in [1.29, 1.82) is 0 Å². The third-order valence-electron chi connectivity index (χ3n) is 5.23. The summed E-state index contributed by atoms with van der Waals surface area (Å²) in [5.74, 6) is -1.65. The van der Waals surface area contributed by atoms with Gasteiger partial charge in [-0.15, -0.1) is 0 Å². The standard InChI is InChI=1S/C22H20ClF2N3O2S/c1-31(29,30)28(20-10-18(24)9-19(25)11-20)21-13-27(14-21)22(16-3-2-8-26-12-16)15-4-6-17(23)7-5-15/h2-12,21-22H,13-14H2,1H3. The lowest BCUT2D eigenvalue weighted by atomic mass is 9.94. The molecule has 2 aromatic carbocycles. The molecule has 3 aromatic rings. The largest absolute Gasteiger partial charge is 0.288 e. The van der Waals surface area contributed by atoms with E-state index in [4.69, 9.17) is 11.6 Å². The Morgan fingerprint density at radius 2 is 1.71 bits per heavy atom. The second-order valence-corrected chi connectivity index (χ2v) is 9.83.